The summed E-state index contributed by atoms with van der Waals surface area (Å²) in [6, 6.07) is 8.48. The molecule has 2 aliphatic rings. The van der Waals surface area contributed by atoms with E-state index in [2.05, 4.69) is 43.1 Å². The molecule has 1 aromatic heterocycles. The van der Waals surface area contributed by atoms with Crippen LogP contribution in [0.15, 0.2) is 34.2 Å². The van der Waals surface area contributed by atoms with Gasteiger partial charge in [-0.25, -0.2) is 4.98 Å². The summed E-state index contributed by atoms with van der Waals surface area (Å²) < 4.78 is 0. The maximum atomic E-state index is 12.9. The first-order chi connectivity index (χ1) is 11.6. The number of fused-ring (bicyclic) bond motifs is 3. The van der Waals surface area contributed by atoms with Crippen LogP contribution in [-0.2, 0) is 6.42 Å². The Morgan fingerprint density at radius 1 is 1.21 bits per heavy atom. The minimum absolute atomic E-state index is 0.0783. The predicted octanol–water partition coefficient (Wildman–Crippen LogP) is 4.77. The Labute approximate surface area is 147 Å². The fourth-order valence-electron chi connectivity index (χ4n) is 4.32. The monoisotopic (exact) mass is 340 g/mol. The highest BCUT2D eigenvalue weighted by atomic mass is 32.2. The van der Waals surface area contributed by atoms with Gasteiger partial charge >= 0.3 is 0 Å². The first-order valence-electron chi connectivity index (χ1n) is 9.02. The van der Waals surface area contributed by atoms with Crippen molar-refractivity contribution >= 4 is 11.8 Å². The average molecular weight is 340 g/mol. The van der Waals surface area contributed by atoms with Gasteiger partial charge in [0.25, 0.3) is 5.56 Å². The van der Waals surface area contributed by atoms with Gasteiger partial charge in [-0.05, 0) is 36.7 Å². The lowest BCUT2D eigenvalue weighted by Gasteiger charge is -2.30. The lowest BCUT2D eigenvalue weighted by molar-refractivity contribution is 0.424. The van der Waals surface area contributed by atoms with Gasteiger partial charge in [0, 0.05) is 16.4 Å². The summed E-state index contributed by atoms with van der Waals surface area (Å²) in [5.41, 5.74) is 4.45. The molecule has 1 unspecified atom stereocenters. The van der Waals surface area contributed by atoms with Crippen molar-refractivity contribution in [3.8, 4) is 11.3 Å². The molecule has 0 amide bonds. The Hall–Kier alpha value is -1.55. The number of thioether (sulfide) groups is 1. The van der Waals surface area contributed by atoms with Crippen LogP contribution in [0.1, 0.15) is 56.6 Å². The Morgan fingerprint density at radius 3 is 2.71 bits per heavy atom. The number of hydrogen-bond acceptors (Lipinski definition) is 3. The Morgan fingerprint density at radius 2 is 1.96 bits per heavy atom. The molecule has 1 N–H and O–H groups in total. The number of nitrogens with one attached hydrogen (secondary N) is 1. The van der Waals surface area contributed by atoms with Crippen molar-refractivity contribution in [3.63, 3.8) is 0 Å². The maximum absolute atomic E-state index is 12.9. The van der Waals surface area contributed by atoms with Crippen molar-refractivity contribution in [2.45, 2.75) is 62.3 Å². The number of aromatic amines is 1. The quantitative estimate of drug-likeness (QED) is 0.647. The van der Waals surface area contributed by atoms with Gasteiger partial charge in [0.15, 0.2) is 5.16 Å². The lowest BCUT2D eigenvalue weighted by Crippen LogP contribution is -2.28. The van der Waals surface area contributed by atoms with Gasteiger partial charge < -0.3 is 4.98 Å². The SMILES string of the molecule is CC(C)Sc1nc2c(c(=O)[nH]1)C(C1CCCC1)Cc1ccccc1-2. The summed E-state index contributed by atoms with van der Waals surface area (Å²) in [6.07, 6.45) is 6.06. The second-order valence-corrected chi connectivity index (χ2v) is 8.88. The van der Waals surface area contributed by atoms with Crippen LogP contribution in [0, 0.1) is 5.92 Å². The normalized spacial score (nSPS) is 20.2. The van der Waals surface area contributed by atoms with E-state index in [4.69, 9.17) is 4.98 Å². The highest BCUT2D eigenvalue weighted by molar-refractivity contribution is 7.99. The van der Waals surface area contributed by atoms with E-state index < -0.39 is 0 Å². The zero-order valence-corrected chi connectivity index (χ0v) is 15.2. The molecule has 2 aromatic rings. The molecule has 1 aromatic carbocycles. The van der Waals surface area contributed by atoms with E-state index in [1.54, 1.807) is 11.8 Å². The van der Waals surface area contributed by atoms with Crippen LogP contribution in [0.4, 0.5) is 0 Å². The van der Waals surface area contributed by atoms with Crippen molar-refractivity contribution in [1.82, 2.24) is 9.97 Å². The lowest BCUT2D eigenvalue weighted by atomic mass is 9.74. The van der Waals surface area contributed by atoms with E-state index in [1.165, 1.54) is 31.2 Å². The van der Waals surface area contributed by atoms with Crippen LogP contribution in [0.25, 0.3) is 11.3 Å². The molecule has 4 heteroatoms. The second-order valence-electron chi connectivity index (χ2n) is 7.31. The zero-order valence-electron chi connectivity index (χ0n) is 14.3. The zero-order chi connectivity index (χ0) is 16.7. The number of benzene rings is 1. The Balaban J connectivity index is 1.88. The number of rotatable bonds is 3. The molecule has 0 saturated heterocycles. The van der Waals surface area contributed by atoms with Crippen LogP contribution in [0.5, 0.6) is 0 Å². The van der Waals surface area contributed by atoms with Gasteiger partial charge in [0.1, 0.15) is 0 Å². The molecule has 0 bridgehead atoms. The third kappa shape index (κ3) is 2.81. The first kappa shape index (κ1) is 15.9. The van der Waals surface area contributed by atoms with E-state index in [0.717, 1.165) is 28.4 Å². The standard InChI is InChI=1S/C20H24N2OS/c1-12(2)24-20-21-18-15-10-6-5-9-14(15)11-16(13-7-3-4-8-13)17(18)19(23)22-20/h5-6,9-10,12-13,16H,3-4,7-8,11H2,1-2H3,(H,21,22,23). The summed E-state index contributed by atoms with van der Waals surface area (Å²) in [4.78, 5) is 20.9. The highest BCUT2D eigenvalue weighted by Crippen LogP contribution is 2.45. The fourth-order valence-corrected chi connectivity index (χ4v) is 5.06. The minimum atomic E-state index is 0.0783. The van der Waals surface area contributed by atoms with Crippen molar-refractivity contribution in [2.75, 3.05) is 0 Å². The molecule has 126 valence electrons. The van der Waals surface area contributed by atoms with E-state index in [-0.39, 0.29) is 5.56 Å². The molecule has 0 radical (unpaired) electrons. The largest absolute Gasteiger partial charge is 0.301 e. The summed E-state index contributed by atoms with van der Waals surface area (Å²) in [5.74, 6) is 0.954. The molecule has 3 nitrogen and oxygen atoms in total. The molecule has 1 heterocycles. The minimum Gasteiger partial charge on any atom is -0.301 e. The van der Waals surface area contributed by atoms with E-state index in [9.17, 15) is 4.79 Å². The van der Waals surface area contributed by atoms with Crippen molar-refractivity contribution in [2.24, 2.45) is 5.92 Å². The molecule has 1 saturated carbocycles. The van der Waals surface area contributed by atoms with Crippen molar-refractivity contribution < 1.29 is 0 Å². The summed E-state index contributed by atoms with van der Waals surface area (Å²) >= 11 is 1.63. The van der Waals surface area contributed by atoms with Gasteiger partial charge in [0.2, 0.25) is 0 Å². The number of aromatic nitrogens is 2. The average Bonchev–Trinajstić information content (AvgIpc) is 3.07. The molecular weight excluding hydrogens is 316 g/mol. The third-order valence-electron chi connectivity index (χ3n) is 5.33. The number of nitrogens with zero attached hydrogens (tertiary/aromatic N) is 1. The second kappa shape index (κ2) is 6.40. The molecule has 0 spiro atoms. The fraction of sp³-hybridized carbons (Fsp3) is 0.500. The summed E-state index contributed by atoms with van der Waals surface area (Å²) in [6.45, 7) is 4.25. The maximum Gasteiger partial charge on any atom is 0.255 e. The Kier molecular flexibility index (Phi) is 4.25. The molecule has 1 fully saturated rings. The highest BCUT2D eigenvalue weighted by Gasteiger charge is 2.35. The smallest absolute Gasteiger partial charge is 0.255 e. The topological polar surface area (TPSA) is 45.8 Å². The van der Waals surface area contributed by atoms with Crippen LogP contribution >= 0.6 is 11.8 Å². The molecule has 4 rings (SSSR count). The first-order valence-corrected chi connectivity index (χ1v) is 9.90. The van der Waals surface area contributed by atoms with Gasteiger partial charge in [-0.2, -0.15) is 0 Å². The van der Waals surface area contributed by atoms with E-state index in [0.29, 0.717) is 17.1 Å². The van der Waals surface area contributed by atoms with Crippen LogP contribution in [0.2, 0.25) is 0 Å². The van der Waals surface area contributed by atoms with E-state index in [1.807, 2.05) is 0 Å². The van der Waals surface area contributed by atoms with E-state index >= 15 is 0 Å². The van der Waals surface area contributed by atoms with Gasteiger partial charge in [-0.1, -0.05) is 62.7 Å². The predicted molar refractivity (Wildman–Crippen MR) is 99.7 cm³/mol. The molecule has 0 aliphatic heterocycles. The van der Waals surface area contributed by atoms with Crippen molar-refractivity contribution in [1.29, 1.82) is 0 Å². The summed E-state index contributed by atoms with van der Waals surface area (Å²) in [5, 5.41) is 1.14. The van der Waals surface area contributed by atoms with Gasteiger partial charge in [-0.15, -0.1) is 0 Å². The molecule has 24 heavy (non-hydrogen) atoms. The van der Waals surface area contributed by atoms with Crippen LogP contribution < -0.4 is 5.56 Å². The number of hydrogen-bond donors (Lipinski definition) is 1. The molecule has 2 aliphatic carbocycles. The van der Waals surface area contributed by atoms with Gasteiger partial charge in [-0.3, -0.25) is 4.79 Å². The third-order valence-corrected chi connectivity index (χ3v) is 6.22. The van der Waals surface area contributed by atoms with Crippen molar-refractivity contribution in [3.05, 3.63) is 45.7 Å². The number of H-pyrrole nitrogens is 1. The Bertz CT molecular complexity index is 806. The van der Waals surface area contributed by atoms with Gasteiger partial charge in [0.05, 0.1) is 5.69 Å². The summed E-state index contributed by atoms with van der Waals surface area (Å²) in [7, 11) is 0. The molecular formula is C20H24N2OS. The van der Waals surface area contributed by atoms with Crippen LogP contribution in [0.3, 0.4) is 0 Å². The molecule has 1 atom stereocenters. The van der Waals surface area contributed by atoms with Crippen LogP contribution in [-0.4, -0.2) is 15.2 Å².